The Bertz CT molecular complexity index is 582. The summed E-state index contributed by atoms with van der Waals surface area (Å²) in [6.07, 6.45) is 0.781. The summed E-state index contributed by atoms with van der Waals surface area (Å²) in [6, 6.07) is 5.79. The van der Waals surface area contributed by atoms with E-state index < -0.39 is 11.7 Å². The van der Waals surface area contributed by atoms with E-state index in [9.17, 15) is 9.18 Å². The number of hydrogen-bond donors (Lipinski definition) is 2. The van der Waals surface area contributed by atoms with Crippen LogP contribution in [0.2, 0.25) is 5.02 Å². The molecule has 0 fully saturated rings. The molecule has 18 heavy (non-hydrogen) atoms. The number of benzene rings is 1. The Hall–Kier alpha value is -1.88. The molecule has 0 aliphatic carbocycles. The van der Waals surface area contributed by atoms with Gasteiger partial charge in [-0.1, -0.05) is 24.6 Å². The van der Waals surface area contributed by atoms with Gasteiger partial charge in [0.2, 0.25) is 0 Å². The Morgan fingerprint density at radius 1 is 1.56 bits per heavy atom. The van der Waals surface area contributed by atoms with E-state index in [1.165, 1.54) is 18.2 Å². The van der Waals surface area contributed by atoms with Gasteiger partial charge < -0.3 is 5.32 Å². The van der Waals surface area contributed by atoms with Crippen LogP contribution in [0.3, 0.4) is 0 Å². The Balaban J connectivity index is 2.19. The zero-order valence-corrected chi connectivity index (χ0v) is 10.4. The Kier molecular flexibility index (Phi) is 3.62. The lowest BCUT2D eigenvalue weighted by molar-refractivity contribution is 0.102. The quantitative estimate of drug-likeness (QED) is 0.898. The Labute approximate surface area is 108 Å². The highest BCUT2D eigenvalue weighted by Gasteiger charge is 2.14. The van der Waals surface area contributed by atoms with Crippen molar-refractivity contribution in [3.8, 4) is 0 Å². The molecular formula is C12H11ClFN3O. The summed E-state index contributed by atoms with van der Waals surface area (Å²) in [5.41, 5.74) is 0.980. The molecule has 1 aromatic carbocycles. The van der Waals surface area contributed by atoms with E-state index >= 15 is 0 Å². The third-order valence-corrected chi connectivity index (χ3v) is 2.83. The molecule has 0 unspecified atom stereocenters. The van der Waals surface area contributed by atoms with Gasteiger partial charge in [-0.2, -0.15) is 5.10 Å². The normalized spacial score (nSPS) is 10.4. The van der Waals surface area contributed by atoms with Gasteiger partial charge in [-0.05, 0) is 18.6 Å². The number of halogens is 2. The molecule has 0 saturated heterocycles. The SMILES string of the molecule is CCc1cc(NC(=O)c2cccc(F)c2Cl)n[nH]1. The van der Waals surface area contributed by atoms with Gasteiger partial charge in [-0.25, -0.2) is 4.39 Å². The highest BCUT2D eigenvalue weighted by Crippen LogP contribution is 2.20. The number of anilines is 1. The lowest BCUT2D eigenvalue weighted by Crippen LogP contribution is -2.13. The Morgan fingerprint density at radius 2 is 2.33 bits per heavy atom. The molecule has 0 spiro atoms. The number of H-pyrrole nitrogens is 1. The van der Waals surface area contributed by atoms with Crippen molar-refractivity contribution in [2.75, 3.05) is 5.32 Å². The second-order valence-electron chi connectivity index (χ2n) is 3.69. The molecular weight excluding hydrogens is 257 g/mol. The molecule has 2 aromatic rings. The number of aromatic nitrogens is 2. The van der Waals surface area contributed by atoms with Gasteiger partial charge in [0.1, 0.15) is 5.82 Å². The molecule has 1 amide bonds. The van der Waals surface area contributed by atoms with Crippen LogP contribution in [0.4, 0.5) is 10.2 Å². The number of carbonyl (C=O) groups is 1. The van der Waals surface area contributed by atoms with E-state index in [1.54, 1.807) is 6.07 Å². The van der Waals surface area contributed by atoms with E-state index in [1.807, 2.05) is 6.92 Å². The molecule has 0 aliphatic heterocycles. The standard InChI is InChI=1S/C12H11ClFN3O/c1-2-7-6-10(17-16-7)15-12(18)8-4-3-5-9(14)11(8)13/h3-6H,2H2,1H3,(H2,15,16,17,18). The van der Waals surface area contributed by atoms with Crippen molar-refractivity contribution in [3.05, 3.63) is 46.4 Å². The van der Waals surface area contributed by atoms with Crippen LogP contribution in [-0.4, -0.2) is 16.1 Å². The molecule has 0 bridgehead atoms. The van der Waals surface area contributed by atoms with Crippen molar-refractivity contribution < 1.29 is 9.18 Å². The molecule has 2 rings (SSSR count). The number of nitrogens with zero attached hydrogens (tertiary/aromatic N) is 1. The first-order valence-electron chi connectivity index (χ1n) is 5.41. The van der Waals surface area contributed by atoms with Gasteiger partial charge in [-0.3, -0.25) is 9.89 Å². The maximum Gasteiger partial charge on any atom is 0.258 e. The summed E-state index contributed by atoms with van der Waals surface area (Å²) in [5, 5.41) is 9.03. The van der Waals surface area contributed by atoms with E-state index in [4.69, 9.17) is 11.6 Å². The number of rotatable bonds is 3. The topological polar surface area (TPSA) is 57.8 Å². The van der Waals surface area contributed by atoms with Gasteiger partial charge in [0, 0.05) is 11.8 Å². The summed E-state index contributed by atoms with van der Waals surface area (Å²) in [6.45, 7) is 1.96. The first-order valence-corrected chi connectivity index (χ1v) is 5.79. The third kappa shape index (κ3) is 2.51. The predicted octanol–water partition coefficient (Wildman–Crippen LogP) is 3.02. The van der Waals surface area contributed by atoms with E-state index in [-0.39, 0.29) is 10.6 Å². The second kappa shape index (κ2) is 5.18. The van der Waals surface area contributed by atoms with Gasteiger partial charge in [0.15, 0.2) is 5.82 Å². The summed E-state index contributed by atoms with van der Waals surface area (Å²) in [4.78, 5) is 11.9. The molecule has 0 aliphatic rings. The van der Waals surface area contributed by atoms with Crippen LogP contribution in [0.25, 0.3) is 0 Å². The van der Waals surface area contributed by atoms with Crippen LogP contribution in [-0.2, 0) is 6.42 Å². The predicted molar refractivity (Wildman–Crippen MR) is 67.3 cm³/mol. The number of amides is 1. The van der Waals surface area contributed by atoms with Crippen molar-refractivity contribution in [1.82, 2.24) is 10.2 Å². The van der Waals surface area contributed by atoms with Crippen LogP contribution in [0.1, 0.15) is 23.0 Å². The minimum absolute atomic E-state index is 0.0812. The minimum Gasteiger partial charge on any atom is -0.305 e. The fourth-order valence-electron chi connectivity index (χ4n) is 1.47. The monoisotopic (exact) mass is 267 g/mol. The van der Waals surface area contributed by atoms with Crippen molar-refractivity contribution in [2.45, 2.75) is 13.3 Å². The fourth-order valence-corrected chi connectivity index (χ4v) is 1.68. The molecule has 2 N–H and O–H groups in total. The van der Waals surface area contributed by atoms with Crippen LogP contribution in [0, 0.1) is 5.82 Å². The van der Waals surface area contributed by atoms with Crippen molar-refractivity contribution in [3.63, 3.8) is 0 Å². The van der Waals surface area contributed by atoms with Crippen LogP contribution in [0.15, 0.2) is 24.3 Å². The van der Waals surface area contributed by atoms with Crippen LogP contribution >= 0.6 is 11.6 Å². The first kappa shape index (κ1) is 12.6. The van der Waals surface area contributed by atoms with Crippen molar-refractivity contribution >= 4 is 23.3 Å². The highest BCUT2D eigenvalue weighted by molar-refractivity contribution is 6.34. The third-order valence-electron chi connectivity index (χ3n) is 2.45. The number of carbonyl (C=O) groups excluding carboxylic acids is 1. The van der Waals surface area contributed by atoms with Crippen LogP contribution < -0.4 is 5.32 Å². The molecule has 1 aromatic heterocycles. The molecule has 6 heteroatoms. The van der Waals surface area contributed by atoms with Crippen molar-refractivity contribution in [2.24, 2.45) is 0 Å². The molecule has 4 nitrogen and oxygen atoms in total. The maximum atomic E-state index is 13.2. The van der Waals surface area contributed by atoms with E-state index in [0.717, 1.165) is 12.1 Å². The molecule has 0 radical (unpaired) electrons. The van der Waals surface area contributed by atoms with Gasteiger partial charge in [-0.15, -0.1) is 0 Å². The number of hydrogen-bond acceptors (Lipinski definition) is 2. The number of nitrogens with one attached hydrogen (secondary N) is 2. The zero-order chi connectivity index (χ0) is 13.1. The average Bonchev–Trinajstić information content (AvgIpc) is 2.80. The summed E-state index contributed by atoms with van der Waals surface area (Å²) >= 11 is 5.72. The van der Waals surface area contributed by atoms with Gasteiger partial charge >= 0.3 is 0 Å². The smallest absolute Gasteiger partial charge is 0.258 e. The maximum absolute atomic E-state index is 13.2. The zero-order valence-electron chi connectivity index (χ0n) is 9.63. The molecule has 0 saturated carbocycles. The van der Waals surface area contributed by atoms with Gasteiger partial charge in [0.25, 0.3) is 5.91 Å². The first-order chi connectivity index (χ1) is 8.61. The summed E-state index contributed by atoms with van der Waals surface area (Å²) in [5.74, 6) is -0.730. The molecule has 0 atom stereocenters. The van der Waals surface area contributed by atoms with E-state index in [0.29, 0.717) is 5.82 Å². The van der Waals surface area contributed by atoms with Crippen LogP contribution in [0.5, 0.6) is 0 Å². The van der Waals surface area contributed by atoms with E-state index in [2.05, 4.69) is 15.5 Å². The minimum atomic E-state index is -0.624. The molecule has 1 heterocycles. The number of aromatic amines is 1. The lowest BCUT2D eigenvalue weighted by atomic mass is 10.2. The van der Waals surface area contributed by atoms with Gasteiger partial charge in [0.05, 0.1) is 10.6 Å². The number of aryl methyl sites for hydroxylation is 1. The second-order valence-corrected chi connectivity index (χ2v) is 4.07. The largest absolute Gasteiger partial charge is 0.305 e. The van der Waals surface area contributed by atoms with Crippen molar-refractivity contribution in [1.29, 1.82) is 0 Å². The highest BCUT2D eigenvalue weighted by atomic mass is 35.5. The fraction of sp³-hybridized carbons (Fsp3) is 0.167. The molecule has 94 valence electrons. The average molecular weight is 268 g/mol. The summed E-state index contributed by atoms with van der Waals surface area (Å²) in [7, 11) is 0. The lowest BCUT2D eigenvalue weighted by Gasteiger charge is -2.04. The Morgan fingerprint density at radius 3 is 3.00 bits per heavy atom. The summed E-state index contributed by atoms with van der Waals surface area (Å²) < 4.78 is 13.2.